The summed E-state index contributed by atoms with van der Waals surface area (Å²) in [5.74, 6) is -3.03. The van der Waals surface area contributed by atoms with Crippen LogP contribution in [0.5, 0.6) is 0 Å². The number of nitrogens with zero attached hydrogens (tertiary/aromatic N) is 1. The molecule has 2 amide bonds. The molecule has 2 aromatic carbocycles. The monoisotopic (exact) mass is 456 g/mol. The van der Waals surface area contributed by atoms with Crippen LogP contribution in [0.15, 0.2) is 41.3 Å². The number of likely N-dealkylation sites (tertiary alicyclic amines) is 1. The Morgan fingerprint density at radius 1 is 1.10 bits per heavy atom. The first kappa shape index (κ1) is 22.2. The Balaban J connectivity index is 1.64. The fraction of sp³-hybridized carbons (Fsp3) is 0.300. The van der Waals surface area contributed by atoms with Gasteiger partial charge in [0.05, 0.1) is 21.2 Å². The zero-order valence-electron chi connectivity index (χ0n) is 16.0. The van der Waals surface area contributed by atoms with Gasteiger partial charge >= 0.3 is 0 Å². The van der Waals surface area contributed by atoms with Gasteiger partial charge in [0.1, 0.15) is 11.6 Å². The first-order valence-corrected chi connectivity index (χ1v) is 11.4. The number of benzene rings is 2. The summed E-state index contributed by atoms with van der Waals surface area (Å²) >= 11 is 6.06. The molecule has 160 valence electrons. The molecule has 0 unspecified atom stereocenters. The molecule has 1 saturated heterocycles. The van der Waals surface area contributed by atoms with Crippen LogP contribution in [0.25, 0.3) is 0 Å². The molecule has 2 aromatic rings. The van der Waals surface area contributed by atoms with Gasteiger partial charge in [0.25, 0.3) is 5.91 Å². The number of hydrogen-bond acceptors (Lipinski definition) is 4. The minimum absolute atomic E-state index is 0.0314. The van der Waals surface area contributed by atoms with Crippen LogP contribution in [0.3, 0.4) is 0 Å². The largest absolute Gasteiger partial charge is 0.339 e. The van der Waals surface area contributed by atoms with Gasteiger partial charge in [-0.25, -0.2) is 17.2 Å². The average Bonchev–Trinajstić information content (AvgIpc) is 2.68. The summed E-state index contributed by atoms with van der Waals surface area (Å²) in [7, 11) is -3.46. The van der Waals surface area contributed by atoms with E-state index in [1.807, 2.05) is 0 Å². The van der Waals surface area contributed by atoms with Crippen molar-refractivity contribution in [3.63, 3.8) is 0 Å². The number of halogens is 3. The maximum atomic E-state index is 13.9. The van der Waals surface area contributed by atoms with Crippen molar-refractivity contribution in [1.82, 2.24) is 4.90 Å². The molecular formula is C20H19ClF2N2O4S. The molecule has 0 spiro atoms. The molecule has 6 nitrogen and oxygen atoms in total. The van der Waals surface area contributed by atoms with Gasteiger partial charge in [-0.2, -0.15) is 0 Å². The van der Waals surface area contributed by atoms with E-state index in [-0.39, 0.29) is 40.2 Å². The number of nitrogens with one attached hydrogen (secondary N) is 1. The Bertz CT molecular complexity index is 1100. The van der Waals surface area contributed by atoms with Crippen molar-refractivity contribution in [2.24, 2.45) is 5.92 Å². The number of amides is 2. The number of carbonyl (C=O) groups excluding carboxylic acids is 2. The van der Waals surface area contributed by atoms with Gasteiger partial charge in [-0.05, 0) is 43.2 Å². The highest BCUT2D eigenvalue weighted by Crippen LogP contribution is 2.27. The van der Waals surface area contributed by atoms with E-state index in [1.165, 1.54) is 23.1 Å². The molecule has 0 atom stereocenters. The number of rotatable bonds is 4. The molecular weight excluding hydrogens is 438 g/mol. The number of hydrogen-bond donors (Lipinski definition) is 1. The maximum absolute atomic E-state index is 13.9. The predicted molar refractivity (Wildman–Crippen MR) is 108 cm³/mol. The second kappa shape index (κ2) is 8.69. The van der Waals surface area contributed by atoms with Crippen LogP contribution in [-0.4, -0.2) is 44.5 Å². The van der Waals surface area contributed by atoms with Crippen LogP contribution >= 0.6 is 11.6 Å². The Labute approximate surface area is 177 Å². The lowest BCUT2D eigenvalue weighted by molar-refractivity contribution is -0.121. The average molecular weight is 457 g/mol. The maximum Gasteiger partial charge on any atom is 0.256 e. The number of piperidine rings is 1. The normalized spacial score (nSPS) is 15.1. The minimum Gasteiger partial charge on any atom is -0.339 e. The first-order valence-electron chi connectivity index (χ1n) is 9.11. The van der Waals surface area contributed by atoms with Crippen LogP contribution in [0.1, 0.15) is 23.2 Å². The van der Waals surface area contributed by atoms with E-state index in [9.17, 15) is 26.8 Å². The molecule has 1 N–H and O–H groups in total. The van der Waals surface area contributed by atoms with Crippen LogP contribution in [0.2, 0.25) is 5.02 Å². The molecule has 0 bridgehead atoms. The number of anilines is 1. The van der Waals surface area contributed by atoms with Gasteiger partial charge < -0.3 is 10.2 Å². The quantitative estimate of drug-likeness (QED) is 0.763. The highest BCUT2D eigenvalue weighted by Gasteiger charge is 2.29. The first-order chi connectivity index (χ1) is 14.1. The molecule has 3 rings (SSSR count). The van der Waals surface area contributed by atoms with Crippen molar-refractivity contribution in [2.75, 3.05) is 24.7 Å². The smallest absolute Gasteiger partial charge is 0.256 e. The van der Waals surface area contributed by atoms with E-state index in [4.69, 9.17) is 11.6 Å². The molecule has 1 heterocycles. The van der Waals surface area contributed by atoms with Gasteiger partial charge in [-0.1, -0.05) is 11.6 Å². The molecule has 0 aromatic heterocycles. The van der Waals surface area contributed by atoms with E-state index in [2.05, 4.69) is 5.32 Å². The minimum atomic E-state index is -3.46. The Morgan fingerprint density at radius 3 is 2.37 bits per heavy atom. The third-order valence-corrected chi connectivity index (χ3v) is 6.38. The fourth-order valence-electron chi connectivity index (χ4n) is 3.24. The Hall–Kier alpha value is -2.52. The summed E-state index contributed by atoms with van der Waals surface area (Å²) in [6, 6.07) is 6.82. The highest BCUT2D eigenvalue weighted by molar-refractivity contribution is 7.90. The third-order valence-electron chi connectivity index (χ3n) is 4.94. The van der Waals surface area contributed by atoms with Crippen LogP contribution in [-0.2, 0) is 14.6 Å². The van der Waals surface area contributed by atoms with Crippen LogP contribution < -0.4 is 5.32 Å². The van der Waals surface area contributed by atoms with Gasteiger partial charge in [0.15, 0.2) is 9.84 Å². The van der Waals surface area contributed by atoms with Gasteiger partial charge in [0, 0.05) is 31.3 Å². The summed E-state index contributed by atoms with van der Waals surface area (Å²) in [4.78, 5) is 26.5. The third kappa shape index (κ3) is 4.96. The molecule has 10 heteroatoms. The Morgan fingerprint density at radius 2 is 1.77 bits per heavy atom. The lowest BCUT2D eigenvalue weighted by atomic mass is 9.95. The lowest BCUT2D eigenvalue weighted by Crippen LogP contribution is -2.41. The van der Waals surface area contributed by atoms with Gasteiger partial charge in [-0.3, -0.25) is 9.59 Å². The zero-order valence-corrected chi connectivity index (χ0v) is 17.6. The summed E-state index contributed by atoms with van der Waals surface area (Å²) in [6.07, 6.45) is 1.73. The highest BCUT2D eigenvalue weighted by atomic mass is 35.5. The number of carbonyl (C=O) groups is 2. The Kier molecular flexibility index (Phi) is 6.42. The van der Waals surface area contributed by atoms with Crippen LogP contribution in [0, 0.1) is 17.6 Å². The second-order valence-electron chi connectivity index (χ2n) is 7.09. The van der Waals surface area contributed by atoms with E-state index in [0.29, 0.717) is 18.9 Å². The van der Waals surface area contributed by atoms with Crippen molar-refractivity contribution in [3.8, 4) is 0 Å². The SMILES string of the molecule is CS(=O)(=O)c1ccc(Cl)c(NC(=O)C2CCN(C(=O)c3ccc(F)cc3F)CC2)c1. The molecule has 1 aliphatic rings. The molecule has 0 aliphatic carbocycles. The van der Waals surface area contributed by atoms with Crippen molar-refractivity contribution in [1.29, 1.82) is 0 Å². The fourth-order valence-corrected chi connectivity index (χ4v) is 4.06. The summed E-state index contributed by atoms with van der Waals surface area (Å²) < 4.78 is 50.3. The lowest BCUT2D eigenvalue weighted by Gasteiger charge is -2.31. The van der Waals surface area contributed by atoms with E-state index in [0.717, 1.165) is 18.4 Å². The topological polar surface area (TPSA) is 83.6 Å². The van der Waals surface area contributed by atoms with Gasteiger partial charge in [-0.15, -0.1) is 0 Å². The predicted octanol–water partition coefficient (Wildman–Crippen LogP) is 3.51. The van der Waals surface area contributed by atoms with Crippen molar-refractivity contribution < 1.29 is 26.8 Å². The van der Waals surface area contributed by atoms with Crippen molar-refractivity contribution >= 4 is 38.9 Å². The van der Waals surface area contributed by atoms with Crippen molar-refractivity contribution in [3.05, 3.63) is 58.6 Å². The molecule has 0 radical (unpaired) electrons. The summed E-state index contributed by atoms with van der Waals surface area (Å²) in [5.41, 5.74) is -0.0276. The molecule has 0 saturated carbocycles. The van der Waals surface area contributed by atoms with E-state index >= 15 is 0 Å². The van der Waals surface area contributed by atoms with Crippen molar-refractivity contribution in [2.45, 2.75) is 17.7 Å². The van der Waals surface area contributed by atoms with E-state index < -0.39 is 33.3 Å². The summed E-state index contributed by atoms with van der Waals surface area (Å²) in [5, 5.41) is 2.85. The van der Waals surface area contributed by atoms with Crippen LogP contribution in [0.4, 0.5) is 14.5 Å². The summed E-state index contributed by atoms with van der Waals surface area (Å²) in [6.45, 7) is 0.454. The van der Waals surface area contributed by atoms with E-state index in [1.54, 1.807) is 0 Å². The standard InChI is InChI=1S/C20H19ClF2N2O4S/c1-30(28,29)14-3-5-16(21)18(11-14)24-19(26)12-6-8-25(9-7-12)20(27)15-4-2-13(22)10-17(15)23/h2-5,10-12H,6-9H2,1H3,(H,24,26). The molecule has 30 heavy (non-hydrogen) atoms. The second-order valence-corrected chi connectivity index (χ2v) is 9.52. The number of sulfone groups is 1. The molecule has 1 aliphatic heterocycles. The van der Waals surface area contributed by atoms with Gasteiger partial charge in [0.2, 0.25) is 5.91 Å². The molecule has 1 fully saturated rings. The zero-order chi connectivity index (χ0) is 22.1.